The Morgan fingerprint density at radius 2 is 1.92 bits per heavy atom. The van der Waals surface area contributed by atoms with E-state index in [1.165, 1.54) is 16.7 Å². The Balaban J connectivity index is 2.14. The van der Waals surface area contributed by atoms with Crippen LogP contribution in [0.15, 0.2) is 46.3 Å². The van der Waals surface area contributed by atoms with Gasteiger partial charge in [0.05, 0.1) is 12.5 Å². The summed E-state index contributed by atoms with van der Waals surface area (Å²) in [6, 6.07) is 2.02. The first kappa shape index (κ1) is 20.3. The summed E-state index contributed by atoms with van der Waals surface area (Å²) in [5, 5.41) is 8.75. The Morgan fingerprint density at radius 1 is 1.21 bits per heavy atom. The Kier molecular flexibility index (Phi) is 9.90. The van der Waals surface area contributed by atoms with Gasteiger partial charge in [-0.2, -0.15) is 0 Å². The van der Waals surface area contributed by atoms with Gasteiger partial charge in [0.25, 0.3) is 0 Å². The fourth-order valence-electron chi connectivity index (χ4n) is 2.80. The third-order valence-corrected chi connectivity index (χ3v) is 4.33. The summed E-state index contributed by atoms with van der Waals surface area (Å²) >= 11 is 0. The van der Waals surface area contributed by atoms with Crippen molar-refractivity contribution >= 4 is 5.97 Å². The summed E-state index contributed by atoms with van der Waals surface area (Å²) < 4.78 is 5.07. The van der Waals surface area contributed by atoms with Crippen molar-refractivity contribution in [3.63, 3.8) is 0 Å². The molecule has 1 aromatic rings. The lowest BCUT2D eigenvalue weighted by Crippen LogP contribution is -2.03. The van der Waals surface area contributed by atoms with Gasteiger partial charge in [-0.25, -0.2) is 0 Å². The molecular formula is C21H32O3. The molecule has 24 heavy (non-hydrogen) atoms. The van der Waals surface area contributed by atoms with Crippen molar-refractivity contribution < 1.29 is 14.3 Å². The molecule has 0 aliphatic carbocycles. The zero-order chi connectivity index (χ0) is 17.8. The van der Waals surface area contributed by atoms with E-state index >= 15 is 0 Å². The van der Waals surface area contributed by atoms with Crippen LogP contribution in [0.2, 0.25) is 0 Å². The second-order valence-electron chi connectivity index (χ2n) is 6.91. The largest absolute Gasteiger partial charge is 0.481 e. The first-order valence-electron chi connectivity index (χ1n) is 9.01. The maximum absolute atomic E-state index is 10.6. The maximum Gasteiger partial charge on any atom is 0.303 e. The van der Waals surface area contributed by atoms with Crippen LogP contribution in [-0.4, -0.2) is 11.1 Å². The summed E-state index contributed by atoms with van der Waals surface area (Å²) in [5.41, 5.74) is 4.12. The van der Waals surface area contributed by atoms with E-state index in [1.54, 1.807) is 6.26 Å². The number of furan rings is 1. The van der Waals surface area contributed by atoms with Gasteiger partial charge in [-0.05, 0) is 76.3 Å². The predicted molar refractivity (Wildman–Crippen MR) is 99.0 cm³/mol. The molecule has 0 fully saturated rings. The first-order chi connectivity index (χ1) is 11.5. The minimum Gasteiger partial charge on any atom is -0.481 e. The molecule has 0 amide bonds. The van der Waals surface area contributed by atoms with Crippen molar-refractivity contribution in [2.75, 3.05) is 0 Å². The zero-order valence-electron chi connectivity index (χ0n) is 15.4. The lowest BCUT2D eigenvalue weighted by atomic mass is 9.98. The van der Waals surface area contributed by atoms with Crippen molar-refractivity contribution in [2.24, 2.45) is 5.92 Å². The second kappa shape index (κ2) is 11.7. The molecule has 3 heteroatoms. The third-order valence-electron chi connectivity index (χ3n) is 4.33. The van der Waals surface area contributed by atoms with Crippen molar-refractivity contribution in [1.82, 2.24) is 0 Å². The van der Waals surface area contributed by atoms with Gasteiger partial charge in [0.2, 0.25) is 0 Å². The first-order valence-corrected chi connectivity index (χ1v) is 9.01. The Hall–Kier alpha value is -1.77. The van der Waals surface area contributed by atoms with Gasteiger partial charge in [-0.15, -0.1) is 0 Å². The number of allylic oxidation sites excluding steroid dienone is 4. The molecule has 0 aliphatic rings. The van der Waals surface area contributed by atoms with Gasteiger partial charge in [0.15, 0.2) is 0 Å². The molecule has 1 aromatic heterocycles. The molecule has 0 radical (unpaired) electrons. The number of carboxylic acid groups (broad SMARTS) is 1. The number of hydrogen-bond donors (Lipinski definition) is 1. The van der Waals surface area contributed by atoms with Crippen LogP contribution in [0, 0.1) is 5.92 Å². The molecule has 0 saturated carbocycles. The van der Waals surface area contributed by atoms with Crippen molar-refractivity contribution in [3.05, 3.63) is 47.5 Å². The van der Waals surface area contributed by atoms with Crippen molar-refractivity contribution in [1.29, 1.82) is 0 Å². The van der Waals surface area contributed by atoms with E-state index in [1.807, 2.05) is 19.3 Å². The van der Waals surface area contributed by atoms with Gasteiger partial charge in [0, 0.05) is 6.42 Å². The van der Waals surface area contributed by atoms with Crippen LogP contribution in [0.4, 0.5) is 0 Å². The van der Waals surface area contributed by atoms with Crippen LogP contribution in [0.3, 0.4) is 0 Å². The number of carbonyl (C=O) groups is 1. The standard InChI is InChI=1S/C21H32O3/c1-17(9-5-11-19(3)15-21(22)23)7-4-8-18(2)10-6-12-20-13-14-24-16-20/h7,10,13-14,16,19H,4-6,8-9,11-12,15H2,1-3H3,(H,22,23)/b17-7+,18-10+. The van der Waals surface area contributed by atoms with E-state index in [4.69, 9.17) is 9.52 Å². The summed E-state index contributed by atoms with van der Waals surface area (Å²) in [5.74, 6) is -0.416. The van der Waals surface area contributed by atoms with Crippen LogP contribution in [0.25, 0.3) is 0 Å². The SMILES string of the molecule is C/C(=C\CCc1ccoc1)CC/C=C(\C)CCCC(C)CC(=O)O. The third kappa shape index (κ3) is 10.1. The van der Waals surface area contributed by atoms with E-state index in [0.29, 0.717) is 0 Å². The molecule has 3 nitrogen and oxygen atoms in total. The Labute approximate surface area is 146 Å². The van der Waals surface area contributed by atoms with Crippen LogP contribution in [0.5, 0.6) is 0 Å². The Morgan fingerprint density at radius 3 is 2.58 bits per heavy atom. The maximum atomic E-state index is 10.6. The average Bonchev–Trinajstić information content (AvgIpc) is 2.99. The Bertz CT molecular complexity index is 523. The number of carboxylic acids is 1. The molecule has 1 rings (SSSR count). The molecule has 0 aliphatic heterocycles. The molecule has 1 N–H and O–H groups in total. The van der Waals surface area contributed by atoms with Crippen molar-refractivity contribution in [2.45, 2.75) is 72.1 Å². The molecule has 1 heterocycles. The molecular weight excluding hydrogens is 300 g/mol. The fourth-order valence-corrected chi connectivity index (χ4v) is 2.80. The van der Waals surface area contributed by atoms with Crippen LogP contribution in [-0.2, 0) is 11.2 Å². The average molecular weight is 332 g/mol. The molecule has 134 valence electrons. The van der Waals surface area contributed by atoms with Crippen LogP contribution < -0.4 is 0 Å². The number of aryl methyl sites for hydroxylation is 1. The van der Waals surface area contributed by atoms with Gasteiger partial charge in [0.1, 0.15) is 0 Å². The molecule has 0 spiro atoms. The number of rotatable bonds is 12. The molecule has 0 bridgehead atoms. The second-order valence-corrected chi connectivity index (χ2v) is 6.91. The smallest absolute Gasteiger partial charge is 0.303 e. The highest BCUT2D eigenvalue weighted by Crippen LogP contribution is 2.16. The van der Waals surface area contributed by atoms with Crippen LogP contribution >= 0.6 is 0 Å². The molecule has 1 atom stereocenters. The summed E-state index contributed by atoms with van der Waals surface area (Å²) in [6.07, 6.45) is 15.9. The van der Waals surface area contributed by atoms with Gasteiger partial charge >= 0.3 is 5.97 Å². The van der Waals surface area contributed by atoms with Crippen LogP contribution in [0.1, 0.15) is 71.3 Å². The summed E-state index contributed by atoms with van der Waals surface area (Å²) in [6.45, 7) is 6.40. The lowest BCUT2D eigenvalue weighted by Gasteiger charge is -2.08. The fraction of sp³-hybridized carbons (Fsp3) is 0.571. The summed E-state index contributed by atoms with van der Waals surface area (Å²) in [7, 11) is 0. The minimum atomic E-state index is -0.690. The normalized spacial score (nSPS) is 14.0. The highest BCUT2D eigenvalue weighted by atomic mass is 16.4. The summed E-state index contributed by atoms with van der Waals surface area (Å²) in [4.78, 5) is 10.6. The number of aliphatic carboxylic acids is 1. The van der Waals surface area contributed by atoms with Crippen molar-refractivity contribution in [3.8, 4) is 0 Å². The highest BCUT2D eigenvalue weighted by Gasteiger charge is 2.06. The molecule has 0 saturated heterocycles. The number of hydrogen-bond acceptors (Lipinski definition) is 2. The lowest BCUT2D eigenvalue weighted by molar-refractivity contribution is -0.138. The van der Waals surface area contributed by atoms with Gasteiger partial charge < -0.3 is 9.52 Å². The zero-order valence-corrected chi connectivity index (χ0v) is 15.4. The van der Waals surface area contributed by atoms with E-state index in [2.05, 4.69) is 26.0 Å². The molecule has 1 unspecified atom stereocenters. The quantitative estimate of drug-likeness (QED) is 0.466. The van der Waals surface area contributed by atoms with E-state index < -0.39 is 5.97 Å². The minimum absolute atomic E-state index is 0.274. The van der Waals surface area contributed by atoms with Gasteiger partial charge in [-0.3, -0.25) is 4.79 Å². The molecule has 0 aromatic carbocycles. The van der Waals surface area contributed by atoms with E-state index in [9.17, 15) is 4.79 Å². The highest BCUT2D eigenvalue weighted by molar-refractivity contribution is 5.66. The monoisotopic (exact) mass is 332 g/mol. The van der Waals surface area contributed by atoms with E-state index in [-0.39, 0.29) is 12.3 Å². The predicted octanol–water partition coefficient (Wildman–Crippen LogP) is 6.17. The topological polar surface area (TPSA) is 50.4 Å². The van der Waals surface area contributed by atoms with Gasteiger partial charge in [-0.1, -0.05) is 30.2 Å². The van der Waals surface area contributed by atoms with E-state index in [0.717, 1.165) is 44.9 Å².